The van der Waals surface area contributed by atoms with Gasteiger partial charge in [0.15, 0.2) is 5.78 Å². The van der Waals surface area contributed by atoms with E-state index in [4.69, 9.17) is 0 Å². The first-order valence-corrected chi connectivity index (χ1v) is 9.56. The summed E-state index contributed by atoms with van der Waals surface area (Å²) in [6.07, 6.45) is 1.63. The molecule has 1 amide bonds. The van der Waals surface area contributed by atoms with Crippen molar-refractivity contribution in [2.24, 2.45) is 0 Å². The van der Waals surface area contributed by atoms with Crippen LogP contribution in [0.5, 0.6) is 0 Å². The fourth-order valence-electron chi connectivity index (χ4n) is 3.24. The second kappa shape index (κ2) is 9.07. The van der Waals surface area contributed by atoms with E-state index >= 15 is 0 Å². The monoisotopic (exact) mass is 388 g/mol. The standard InChI is InChI=1S/C23H24N4O2/c1-17-4-3-5-22(14-17)27-12-10-26(11-13-27)16-20(15-24)23(29)25-21-8-6-19(7-9-21)18(2)28/h3-9,14,16H,10-13H2,1-2H3,(H,25,29)/b20-16-. The van der Waals surface area contributed by atoms with Gasteiger partial charge < -0.3 is 15.1 Å². The third-order valence-corrected chi connectivity index (χ3v) is 4.91. The summed E-state index contributed by atoms with van der Waals surface area (Å²) in [6.45, 7) is 6.69. The van der Waals surface area contributed by atoms with Gasteiger partial charge in [0.05, 0.1) is 0 Å². The van der Waals surface area contributed by atoms with Crippen LogP contribution in [-0.2, 0) is 4.79 Å². The Morgan fingerprint density at radius 3 is 2.34 bits per heavy atom. The summed E-state index contributed by atoms with van der Waals surface area (Å²) in [5.74, 6) is -0.491. The van der Waals surface area contributed by atoms with Gasteiger partial charge in [-0.15, -0.1) is 0 Å². The van der Waals surface area contributed by atoms with Crippen molar-refractivity contribution in [3.05, 3.63) is 71.4 Å². The van der Waals surface area contributed by atoms with Crippen LogP contribution in [0.15, 0.2) is 60.3 Å². The van der Waals surface area contributed by atoms with Crippen LogP contribution >= 0.6 is 0 Å². The third kappa shape index (κ3) is 5.23. The molecule has 1 fully saturated rings. The van der Waals surface area contributed by atoms with Crippen LogP contribution in [0.1, 0.15) is 22.8 Å². The van der Waals surface area contributed by atoms with Gasteiger partial charge in [-0.2, -0.15) is 5.26 Å². The van der Waals surface area contributed by atoms with E-state index in [-0.39, 0.29) is 11.4 Å². The van der Waals surface area contributed by atoms with Crippen molar-refractivity contribution in [3.8, 4) is 6.07 Å². The van der Waals surface area contributed by atoms with Crippen molar-refractivity contribution in [3.63, 3.8) is 0 Å². The van der Waals surface area contributed by atoms with Crippen molar-refractivity contribution in [1.82, 2.24) is 4.90 Å². The topological polar surface area (TPSA) is 76.4 Å². The number of anilines is 2. The van der Waals surface area contributed by atoms with Crippen LogP contribution in [0.3, 0.4) is 0 Å². The number of carbonyl (C=O) groups excluding carboxylic acids is 2. The number of nitrogens with one attached hydrogen (secondary N) is 1. The Balaban J connectivity index is 1.60. The van der Waals surface area contributed by atoms with Crippen LogP contribution in [0.2, 0.25) is 0 Å². The third-order valence-electron chi connectivity index (χ3n) is 4.91. The van der Waals surface area contributed by atoms with E-state index in [1.54, 1.807) is 30.5 Å². The molecule has 6 nitrogen and oxygen atoms in total. The number of aryl methyl sites for hydroxylation is 1. The quantitative estimate of drug-likeness (QED) is 0.483. The maximum Gasteiger partial charge on any atom is 0.267 e. The Hall–Kier alpha value is -3.59. The zero-order chi connectivity index (χ0) is 20.8. The number of carbonyl (C=O) groups is 2. The largest absolute Gasteiger partial charge is 0.373 e. The molecule has 0 atom stereocenters. The molecule has 1 saturated heterocycles. The number of ketones is 1. The lowest BCUT2D eigenvalue weighted by atomic mass is 10.1. The lowest BCUT2D eigenvalue weighted by Crippen LogP contribution is -2.44. The molecule has 0 unspecified atom stereocenters. The maximum absolute atomic E-state index is 12.5. The average molecular weight is 388 g/mol. The highest BCUT2D eigenvalue weighted by Gasteiger charge is 2.18. The molecular weight excluding hydrogens is 364 g/mol. The summed E-state index contributed by atoms with van der Waals surface area (Å²) in [4.78, 5) is 28.1. The van der Waals surface area contributed by atoms with Gasteiger partial charge in [-0.05, 0) is 55.8 Å². The highest BCUT2D eigenvalue weighted by molar-refractivity contribution is 6.06. The number of rotatable bonds is 5. The fraction of sp³-hybridized carbons (Fsp3) is 0.261. The van der Waals surface area contributed by atoms with Gasteiger partial charge in [0.1, 0.15) is 11.6 Å². The van der Waals surface area contributed by atoms with E-state index in [0.29, 0.717) is 11.3 Å². The Morgan fingerprint density at radius 1 is 1.07 bits per heavy atom. The van der Waals surface area contributed by atoms with E-state index in [1.807, 2.05) is 11.0 Å². The smallest absolute Gasteiger partial charge is 0.267 e. The summed E-state index contributed by atoms with van der Waals surface area (Å²) in [5.41, 5.74) is 3.60. The summed E-state index contributed by atoms with van der Waals surface area (Å²) >= 11 is 0. The molecule has 6 heteroatoms. The van der Waals surface area contributed by atoms with Crippen LogP contribution in [0, 0.1) is 18.3 Å². The highest BCUT2D eigenvalue weighted by atomic mass is 16.1. The number of piperazine rings is 1. The molecule has 148 valence electrons. The summed E-state index contributed by atoms with van der Waals surface area (Å²) in [5, 5.41) is 12.1. The molecule has 0 aliphatic carbocycles. The molecule has 1 aliphatic rings. The van der Waals surface area contributed by atoms with Crippen LogP contribution in [-0.4, -0.2) is 42.8 Å². The van der Waals surface area contributed by atoms with Crippen molar-refractivity contribution < 1.29 is 9.59 Å². The van der Waals surface area contributed by atoms with E-state index in [1.165, 1.54) is 18.2 Å². The summed E-state index contributed by atoms with van der Waals surface area (Å²) in [6, 6.07) is 17.0. The number of nitrogens with zero attached hydrogens (tertiary/aromatic N) is 3. The first-order chi connectivity index (χ1) is 14.0. The van der Waals surface area contributed by atoms with Crippen LogP contribution in [0.4, 0.5) is 11.4 Å². The maximum atomic E-state index is 12.5. The van der Waals surface area contributed by atoms with Crippen molar-refractivity contribution in [2.45, 2.75) is 13.8 Å². The van der Waals surface area contributed by atoms with Gasteiger partial charge >= 0.3 is 0 Å². The van der Waals surface area contributed by atoms with Crippen molar-refractivity contribution >= 4 is 23.1 Å². The SMILES string of the molecule is CC(=O)c1ccc(NC(=O)/C(C#N)=C\N2CCN(c3cccc(C)c3)CC2)cc1. The summed E-state index contributed by atoms with van der Waals surface area (Å²) < 4.78 is 0. The number of hydrogen-bond donors (Lipinski definition) is 1. The molecule has 0 bridgehead atoms. The fourth-order valence-corrected chi connectivity index (χ4v) is 3.24. The number of Topliss-reactive ketones (excluding diaryl/α,β-unsaturated/α-hetero) is 1. The lowest BCUT2D eigenvalue weighted by Gasteiger charge is -2.35. The molecule has 0 saturated carbocycles. The molecule has 29 heavy (non-hydrogen) atoms. The predicted octanol–water partition coefficient (Wildman–Crippen LogP) is 3.37. The molecule has 2 aromatic carbocycles. The normalized spacial score (nSPS) is 14.3. The van der Waals surface area contributed by atoms with Gasteiger partial charge in [-0.1, -0.05) is 12.1 Å². The minimum Gasteiger partial charge on any atom is -0.373 e. The highest BCUT2D eigenvalue weighted by Crippen LogP contribution is 2.18. The van der Waals surface area contributed by atoms with E-state index in [0.717, 1.165) is 26.2 Å². The number of benzene rings is 2. The van der Waals surface area contributed by atoms with Gasteiger partial charge in [-0.3, -0.25) is 9.59 Å². The second-order valence-electron chi connectivity index (χ2n) is 7.10. The molecule has 0 radical (unpaired) electrons. The minimum atomic E-state index is -0.454. The number of nitriles is 1. The minimum absolute atomic E-state index is 0.0368. The second-order valence-corrected chi connectivity index (χ2v) is 7.10. The van der Waals surface area contributed by atoms with Crippen molar-refractivity contribution in [2.75, 3.05) is 36.4 Å². The zero-order valence-corrected chi connectivity index (χ0v) is 16.7. The van der Waals surface area contributed by atoms with E-state index in [2.05, 4.69) is 41.4 Å². The molecule has 1 aliphatic heterocycles. The Morgan fingerprint density at radius 2 is 1.76 bits per heavy atom. The van der Waals surface area contributed by atoms with Gasteiger partial charge in [0.2, 0.25) is 0 Å². The van der Waals surface area contributed by atoms with Gasteiger partial charge in [-0.25, -0.2) is 0 Å². The van der Waals surface area contributed by atoms with Crippen LogP contribution in [0.25, 0.3) is 0 Å². The molecular formula is C23H24N4O2. The Bertz CT molecular complexity index is 965. The Labute approximate surface area is 171 Å². The van der Waals surface area contributed by atoms with Gasteiger partial charge in [0, 0.05) is 49.3 Å². The first-order valence-electron chi connectivity index (χ1n) is 9.56. The molecule has 0 aromatic heterocycles. The Kier molecular flexibility index (Phi) is 6.30. The molecule has 0 spiro atoms. The van der Waals surface area contributed by atoms with Crippen molar-refractivity contribution in [1.29, 1.82) is 5.26 Å². The number of hydrogen-bond acceptors (Lipinski definition) is 5. The lowest BCUT2D eigenvalue weighted by molar-refractivity contribution is -0.112. The number of amides is 1. The summed E-state index contributed by atoms with van der Waals surface area (Å²) in [7, 11) is 0. The first kappa shape index (κ1) is 20.2. The van der Waals surface area contributed by atoms with Gasteiger partial charge in [0.25, 0.3) is 5.91 Å². The molecule has 3 rings (SSSR count). The predicted molar refractivity (Wildman–Crippen MR) is 114 cm³/mol. The van der Waals surface area contributed by atoms with E-state index in [9.17, 15) is 14.9 Å². The van der Waals surface area contributed by atoms with E-state index < -0.39 is 5.91 Å². The van der Waals surface area contributed by atoms with Crippen LogP contribution < -0.4 is 10.2 Å². The molecule has 1 N–H and O–H groups in total. The molecule has 1 heterocycles. The average Bonchev–Trinajstić information content (AvgIpc) is 2.72. The zero-order valence-electron chi connectivity index (χ0n) is 16.7. The molecule has 2 aromatic rings.